The lowest BCUT2D eigenvalue weighted by molar-refractivity contribution is 0.0955. The summed E-state index contributed by atoms with van der Waals surface area (Å²) in [6.07, 6.45) is 2.35. The summed E-state index contributed by atoms with van der Waals surface area (Å²) in [5.74, 6) is 0.456. The number of amides is 2. The number of benzene rings is 3. The molecule has 9 nitrogen and oxygen atoms in total. The van der Waals surface area contributed by atoms with E-state index in [1.165, 1.54) is 4.31 Å². The fraction of sp³-hybridized carbons (Fsp3) is 0.310. The van der Waals surface area contributed by atoms with Crippen LogP contribution in [0.25, 0.3) is 0 Å². The number of nitrogens with zero attached hydrogens (tertiary/aromatic N) is 1. The molecule has 1 saturated heterocycles. The number of ether oxygens (including phenoxy) is 2. The fourth-order valence-corrected chi connectivity index (χ4v) is 6.07. The third kappa shape index (κ3) is 7.15. The van der Waals surface area contributed by atoms with E-state index in [2.05, 4.69) is 10.6 Å². The van der Waals surface area contributed by atoms with Gasteiger partial charge in [-0.05, 0) is 66.8 Å². The van der Waals surface area contributed by atoms with Crippen LogP contribution in [0.15, 0.2) is 66.7 Å². The number of anilines is 1. The van der Waals surface area contributed by atoms with Crippen LogP contribution in [0.5, 0.6) is 11.5 Å². The summed E-state index contributed by atoms with van der Waals surface area (Å²) in [6.45, 7) is 1.51. The Morgan fingerprint density at radius 1 is 0.846 bits per heavy atom. The van der Waals surface area contributed by atoms with Gasteiger partial charge in [-0.2, -0.15) is 0 Å². The smallest absolute Gasteiger partial charge is 0.255 e. The van der Waals surface area contributed by atoms with Crippen molar-refractivity contribution in [3.63, 3.8) is 0 Å². The number of carbonyl (C=O) groups excluding carboxylic acids is 2. The summed E-state index contributed by atoms with van der Waals surface area (Å²) in [5, 5.41) is 5.70. The molecule has 1 aliphatic heterocycles. The average Bonchev–Trinajstić information content (AvgIpc) is 3.50. The molecule has 0 atom stereocenters. The quantitative estimate of drug-likeness (QED) is 0.374. The third-order valence-electron chi connectivity index (χ3n) is 6.59. The van der Waals surface area contributed by atoms with Crippen LogP contribution in [0.4, 0.5) is 5.69 Å². The van der Waals surface area contributed by atoms with E-state index in [1.54, 1.807) is 62.8 Å². The van der Waals surface area contributed by atoms with Gasteiger partial charge in [0.1, 0.15) is 0 Å². The minimum absolute atomic E-state index is 0.0960. The van der Waals surface area contributed by atoms with E-state index in [9.17, 15) is 18.0 Å². The number of hydrogen-bond acceptors (Lipinski definition) is 6. The van der Waals surface area contributed by atoms with Crippen molar-refractivity contribution in [2.45, 2.75) is 25.0 Å². The molecule has 0 radical (unpaired) electrons. The maximum absolute atomic E-state index is 12.9. The van der Waals surface area contributed by atoms with Gasteiger partial charge < -0.3 is 20.1 Å². The summed E-state index contributed by atoms with van der Waals surface area (Å²) in [5.41, 5.74) is 2.68. The second-order valence-electron chi connectivity index (χ2n) is 9.25. The molecular weight excluding hydrogens is 518 g/mol. The molecule has 2 N–H and O–H groups in total. The lowest BCUT2D eigenvalue weighted by Gasteiger charge is -2.15. The van der Waals surface area contributed by atoms with Gasteiger partial charge >= 0.3 is 0 Å². The van der Waals surface area contributed by atoms with Crippen molar-refractivity contribution in [3.8, 4) is 11.5 Å². The third-order valence-corrected chi connectivity index (χ3v) is 8.44. The first-order valence-corrected chi connectivity index (χ1v) is 14.4. The van der Waals surface area contributed by atoms with Gasteiger partial charge in [-0.25, -0.2) is 12.7 Å². The highest BCUT2D eigenvalue weighted by Crippen LogP contribution is 2.27. The lowest BCUT2D eigenvalue weighted by atomic mass is 10.1. The standard InChI is InChI=1S/C29H33N3O6S/c1-37-26-14-11-21(19-27(26)38-2)15-16-30-29(34)24-7-3-4-8-25(24)31-28(33)23-12-9-22(10-13-23)20-39(35,36)32-17-5-6-18-32/h3-4,7-14,19H,5-6,15-18,20H2,1-2H3,(H,30,34)(H,31,33). The Morgan fingerprint density at radius 3 is 2.21 bits per heavy atom. The zero-order valence-electron chi connectivity index (χ0n) is 22.1. The van der Waals surface area contributed by atoms with Crippen molar-refractivity contribution < 1.29 is 27.5 Å². The summed E-state index contributed by atoms with van der Waals surface area (Å²) >= 11 is 0. The zero-order valence-corrected chi connectivity index (χ0v) is 22.9. The first-order chi connectivity index (χ1) is 18.8. The Morgan fingerprint density at radius 2 is 1.51 bits per heavy atom. The molecule has 0 unspecified atom stereocenters. The van der Waals surface area contributed by atoms with Crippen LogP contribution in [0.2, 0.25) is 0 Å². The van der Waals surface area contributed by atoms with Crippen LogP contribution in [0.3, 0.4) is 0 Å². The molecule has 3 aromatic rings. The maximum atomic E-state index is 12.9. The van der Waals surface area contributed by atoms with Gasteiger partial charge in [-0.15, -0.1) is 0 Å². The van der Waals surface area contributed by atoms with E-state index in [4.69, 9.17) is 9.47 Å². The Balaban J connectivity index is 1.35. The van der Waals surface area contributed by atoms with E-state index < -0.39 is 15.9 Å². The van der Waals surface area contributed by atoms with Gasteiger partial charge in [0.2, 0.25) is 10.0 Å². The van der Waals surface area contributed by atoms with Crippen LogP contribution in [-0.2, 0) is 22.2 Å². The predicted molar refractivity (Wildman–Crippen MR) is 150 cm³/mol. The van der Waals surface area contributed by atoms with Crippen LogP contribution >= 0.6 is 0 Å². The predicted octanol–water partition coefficient (Wildman–Crippen LogP) is 3.85. The van der Waals surface area contributed by atoms with Gasteiger partial charge in [-0.1, -0.05) is 30.3 Å². The number of nitrogens with one attached hydrogen (secondary N) is 2. The van der Waals surface area contributed by atoms with Gasteiger partial charge in [0, 0.05) is 25.2 Å². The molecule has 1 heterocycles. The highest BCUT2D eigenvalue weighted by Gasteiger charge is 2.25. The topological polar surface area (TPSA) is 114 Å². The highest BCUT2D eigenvalue weighted by molar-refractivity contribution is 7.88. The molecule has 39 heavy (non-hydrogen) atoms. The van der Waals surface area contributed by atoms with Gasteiger partial charge in [0.15, 0.2) is 11.5 Å². The largest absolute Gasteiger partial charge is 0.493 e. The van der Waals surface area contributed by atoms with Crippen LogP contribution in [0.1, 0.15) is 44.7 Å². The average molecular weight is 552 g/mol. The fourth-order valence-electron chi connectivity index (χ4n) is 4.46. The number of rotatable bonds is 11. The maximum Gasteiger partial charge on any atom is 0.255 e. The number of carbonyl (C=O) groups is 2. The van der Waals surface area contributed by atoms with E-state index in [-0.39, 0.29) is 11.7 Å². The van der Waals surface area contributed by atoms with Crippen LogP contribution in [0, 0.1) is 0 Å². The molecule has 1 fully saturated rings. The van der Waals surface area contributed by atoms with Gasteiger partial charge in [-0.3, -0.25) is 9.59 Å². The molecule has 2 amide bonds. The number of sulfonamides is 1. The first kappa shape index (κ1) is 28.1. The molecule has 0 bridgehead atoms. The molecule has 0 aliphatic carbocycles. The molecular formula is C29H33N3O6S. The minimum Gasteiger partial charge on any atom is -0.493 e. The van der Waals surface area contributed by atoms with Gasteiger partial charge in [0.25, 0.3) is 11.8 Å². The van der Waals surface area contributed by atoms with E-state index in [0.717, 1.165) is 18.4 Å². The summed E-state index contributed by atoms with van der Waals surface area (Å²) < 4.78 is 37.2. The summed E-state index contributed by atoms with van der Waals surface area (Å²) in [4.78, 5) is 25.8. The van der Waals surface area contributed by atoms with Gasteiger partial charge in [0.05, 0.1) is 31.2 Å². The Labute approximate surface area is 229 Å². The van der Waals surface area contributed by atoms with E-state index in [1.807, 2.05) is 18.2 Å². The Bertz CT molecular complexity index is 1420. The van der Waals surface area contributed by atoms with E-state index in [0.29, 0.717) is 59.9 Å². The normalized spacial score (nSPS) is 13.6. The molecule has 10 heteroatoms. The number of methoxy groups -OCH3 is 2. The first-order valence-electron chi connectivity index (χ1n) is 12.8. The van der Waals surface area contributed by atoms with Crippen molar-refractivity contribution in [1.82, 2.24) is 9.62 Å². The number of para-hydroxylation sites is 1. The molecule has 206 valence electrons. The molecule has 1 aliphatic rings. The minimum atomic E-state index is -3.37. The second kappa shape index (κ2) is 12.8. The molecule has 0 saturated carbocycles. The molecule has 0 aromatic heterocycles. The Hall–Kier alpha value is -3.89. The zero-order chi connectivity index (χ0) is 27.8. The van der Waals surface area contributed by atoms with Crippen LogP contribution < -0.4 is 20.1 Å². The van der Waals surface area contributed by atoms with Crippen LogP contribution in [-0.4, -0.2) is 58.4 Å². The number of hydrogen-bond donors (Lipinski definition) is 2. The second-order valence-corrected chi connectivity index (χ2v) is 11.2. The van der Waals surface area contributed by atoms with Crippen molar-refractivity contribution in [3.05, 3.63) is 89.0 Å². The summed E-state index contributed by atoms with van der Waals surface area (Å²) in [6, 6.07) is 18.9. The molecule has 3 aromatic carbocycles. The van der Waals surface area contributed by atoms with Crippen molar-refractivity contribution >= 4 is 27.5 Å². The highest BCUT2D eigenvalue weighted by atomic mass is 32.2. The molecule has 0 spiro atoms. The lowest BCUT2D eigenvalue weighted by Crippen LogP contribution is -2.29. The van der Waals surface area contributed by atoms with Crippen molar-refractivity contribution in [2.24, 2.45) is 0 Å². The Kier molecular flexibility index (Phi) is 9.21. The van der Waals surface area contributed by atoms with Crippen molar-refractivity contribution in [2.75, 3.05) is 39.2 Å². The monoisotopic (exact) mass is 551 g/mol. The molecule has 4 rings (SSSR count). The summed E-state index contributed by atoms with van der Waals surface area (Å²) in [7, 11) is -0.218. The van der Waals surface area contributed by atoms with E-state index >= 15 is 0 Å². The SMILES string of the molecule is COc1ccc(CCNC(=O)c2ccccc2NC(=O)c2ccc(CS(=O)(=O)N3CCCC3)cc2)cc1OC. The van der Waals surface area contributed by atoms with Crippen molar-refractivity contribution in [1.29, 1.82) is 0 Å².